The topological polar surface area (TPSA) is 19.4 Å². The second-order valence-electron chi connectivity index (χ2n) is 8.34. The summed E-state index contributed by atoms with van der Waals surface area (Å²) in [6.07, 6.45) is 7.86. The van der Waals surface area contributed by atoms with Gasteiger partial charge in [0.05, 0.1) is 4.34 Å². The molecular formula is C28H34ClN3S. The molecule has 5 heteroatoms. The number of fused-ring (bicyclic) bond motifs is 1. The van der Waals surface area contributed by atoms with Gasteiger partial charge in [-0.2, -0.15) is 0 Å². The summed E-state index contributed by atoms with van der Waals surface area (Å²) in [5.41, 5.74) is 5.22. The number of thiophene rings is 1. The fourth-order valence-electron chi connectivity index (χ4n) is 4.56. The summed E-state index contributed by atoms with van der Waals surface area (Å²) in [5, 5.41) is 0. The molecule has 0 bridgehead atoms. The first kappa shape index (κ1) is 25.2. The number of hydrogen-bond acceptors (Lipinski definition) is 4. The van der Waals surface area contributed by atoms with Gasteiger partial charge >= 0.3 is 0 Å². The molecule has 2 aromatic heterocycles. The lowest BCUT2D eigenvalue weighted by Crippen LogP contribution is -2.30. The van der Waals surface area contributed by atoms with Crippen molar-refractivity contribution in [1.29, 1.82) is 0 Å². The molecule has 33 heavy (non-hydrogen) atoms. The van der Waals surface area contributed by atoms with Gasteiger partial charge in [0.15, 0.2) is 0 Å². The molecule has 0 amide bonds. The van der Waals surface area contributed by atoms with Gasteiger partial charge in [-0.3, -0.25) is 0 Å². The van der Waals surface area contributed by atoms with Gasteiger partial charge in [-0.1, -0.05) is 68.6 Å². The van der Waals surface area contributed by atoms with Gasteiger partial charge in [-0.25, -0.2) is 4.98 Å². The van der Waals surface area contributed by atoms with E-state index in [-0.39, 0.29) is 7.43 Å². The van der Waals surface area contributed by atoms with E-state index in [0.29, 0.717) is 5.92 Å². The molecule has 3 aromatic rings. The summed E-state index contributed by atoms with van der Waals surface area (Å²) < 4.78 is 0.888. The Labute approximate surface area is 208 Å². The molecule has 0 N–H and O–H groups in total. The number of allylic oxidation sites excluding steroid dienone is 2. The predicted molar refractivity (Wildman–Crippen MR) is 146 cm³/mol. The van der Waals surface area contributed by atoms with E-state index in [1.54, 1.807) is 23.5 Å². The maximum atomic E-state index is 6.37. The number of halogens is 1. The van der Waals surface area contributed by atoms with Crippen LogP contribution in [0.25, 0.3) is 11.1 Å². The third-order valence-corrected chi connectivity index (χ3v) is 7.35. The van der Waals surface area contributed by atoms with E-state index in [1.165, 1.54) is 40.0 Å². The fraction of sp³-hybridized carbons (Fsp3) is 0.321. The van der Waals surface area contributed by atoms with E-state index >= 15 is 0 Å². The number of rotatable bonds is 4. The largest absolute Gasteiger partial charge is 0.357 e. The molecule has 1 atom stereocenters. The minimum absolute atomic E-state index is 0. The van der Waals surface area contributed by atoms with Crippen LogP contribution in [0.3, 0.4) is 0 Å². The van der Waals surface area contributed by atoms with E-state index in [2.05, 4.69) is 72.5 Å². The van der Waals surface area contributed by atoms with E-state index in [1.807, 2.05) is 6.20 Å². The Morgan fingerprint density at radius 3 is 2.45 bits per heavy atom. The van der Waals surface area contributed by atoms with Crippen LogP contribution in [0.5, 0.6) is 0 Å². The van der Waals surface area contributed by atoms with Crippen molar-refractivity contribution in [2.24, 2.45) is 0 Å². The highest BCUT2D eigenvalue weighted by atomic mass is 35.5. The lowest BCUT2D eigenvalue weighted by molar-refractivity contribution is 0.299. The summed E-state index contributed by atoms with van der Waals surface area (Å²) in [6.45, 7) is 11.0. The number of aromatic nitrogens is 1. The molecule has 0 saturated carbocycles. The molecule has 5 rings (SSSR count). The normalized spacial score (nSPS) is 17.4. The molecule has 0 spiro atoms. The monoisotopic (exact) mass is 479 g/mol. The lowest BCUT2D eigenvalue weighted by atomic mass is 9.84. The van der Waals surface area contributed by atoms with Crippen LogP contribution in [0.1, 0.15) is 42.2 Å². The fourth-order valence-corrected chi connectivity index (χ4v) is 5.98. The molecule has 0 aliphatic carbocycles. The minimum atomic E-state index is 0. The third-order valence-electron chi connectivity index (χ3n) is 6.09. The molecule has 2 aliphatic rings. The van der Waals surface area contributed by atoms with Crippen LogP contribution in [0, 0.1) is 0 Å². The molecule has 1 aromatic carbocycles. The third kappa shape index (κ3) is 5.75. The molecule has 174 valence electrons. The Kier molecular flexibility index (Phi) is 8.90. The van der Waals surface area contributed by atoms with Crippen molar-refractivity contribution in [3.8, 4) is 11.1 Å². The van der Waals surface area contributed by atoms with Gasteiger partial charge in [-0.15, -0.1) is 11.3 Å². The smallest absolute Gasteiger partial charge is 0.128 e. The van der Waals surface area contributed by atoms with Crippen molar-refractivity contribution in [1.82, 2.24) is 9.88 Å². The highest BCUT2D eigenvalue weighted by Crippen LogP contribution is 2.42. The first-order chi connectivity index (χ1) is 15.6. The summed E-state index contributed by atoms with van der Waals surface area (Å²) in [7, 11) is 2.19. The maximum absolute atomic E-state index is 6.37. The van der Waals surface area contributed by atoms with E-state index in [9.17, 15) is 0 Å². The average Bonchev–Trinajstić information content (AvgIpc) is 3.48. The van der Waals surface area contributed by atoms with Crippen molar-refractivity contribution in [3.63, 3.8) is 0 Å². The molecule has 0 radical (unpaired) electrons. The second-order valence-corrected chi connectivity index (χ2v) is 10.1. The van der Waals surface area contributed by atoms with Crippen LogP contribution in [0.4, 0.5) is 5.82 Å². The number of pyridine rings is 1. The summed E-state index contributed by atoms with van der Waals surface area (Å²) in [4.78, 5) is 10.9. The quantitative estimate of drug-likeness (QED) is 0.358. The number of anilines is 1. The van der Waals surface area contributed by atoms with Crippen LogP contribution in [0.15, 0.2) is 74.0 Å². The van der Waals surface area contributed by atoms with Gasteiger partial charge in [0.1, 0.15) is 5.82 Å². The van der Waals surface area contributed by atoms with Crippen molar-refractivity contribution >= 4 is 28.8 Å². The summed E-state index contributed by atoms with van der Waals surface area (Å²) >= 11 is 8.09. The first-order valence-electron chi connectivity index (χ1n) is 11.1. The SMILES string of the molecule is C.C=CC=C.CN1Cc2sc(Cl)cc2[C@H](c2ccccc2-c2ccc(N3CCCC3)nc2)C1. The highest BCUT2D eigenvalue weighted by molar-refractivity contribution is 7.16. The Morgan fingerprint density at radius 2 is 1.79 bits per heavy atom. The molecular weight excluding hydrogens is 446 g/mol. The van der Waals surface area contributed by atoms with Gasteiger partial charge in [-0.05, 0) is 54.8 Å². The molecule has 4 heterocycles. The summed E-state index contributed by atoms with van der Waals surface area (Å²) in [6, 6.07) is 15.3. The Bertz CT molecular complexity index is 1060. The number of benzene rings is 1. The molecule has 0 unspecified atom stereocenters. The van der Waals surface area contributed by atoms with E-state index in [0.717, 1.165) is 36.3 Å². The zero-order chi connectivity index (χ0) is 22.5. The van der Waals surface area contributed by atoms with Crippen LogP contribution < -0.4 is 4.90 Å². The maximum Gasteiger partial charge on any atom is 0.128 e. The Hall–Kier alpha value is -2.40. The molecule has 1 fully saturated rings. The minimum Gasteiger partial charge on any atom is -0.357 e. The number of nitrogens with zero attached hydrogens (tertiary/aromatic N) is 3. The van der Waals surface area contributed by atoms with Gasteiger partial charge in [0.2, 0.25) is 0 Å². The highest BCUT2D eigenvalue weighted by Gasteiger charge is 2.28. The Balaban J connectivity index is 0.000000569. The zero-order valence-electron chi connectivity index (χ0n) is 18.6. The number of hydrogen-bond donors (Lipinski definition) is 0. The van der Waals surface area contributed by atoms with E-state index in [4.69, 9.17) is 16.6 Å². The zero-order valence-corrected chi connectivity index (χ0v) is 20.2. The van der Waals surface area contributed by atoms with Crippen LogP contribution in [-0.2, 0) is 6.54 Å². The summed E-state index contributed by atoms with van der Waals surface area (Å²) in [5.74, 6) is 1.44. The number of likely N-dealkylation sites (N-methyl/N-ethyl adjacent to an activating group) is 1. The lowest BCUT2D eigenvalue weighted by Gasteiger charge is -2.31. The average molecular weight is 480 g/mol. The van der Waals surface area contributed by atoms with Crippen molar-refractivity contribution in [2.45, 2.75) is 32.7 Å². The van der Waals surface area contributed by atoms with Crippen molar-refractivity contribution in [2.75, 3.05) is 31.6 Å². The van der Waals surface area contributed by atoms with Crippen LogP contribution >= 0.6 is 22.9 Å². The van der Waals surface area contributed by atoms with Crippen LogP contribution in [-0.4, -0.2) is 36.6 Å². The predicted octanol–water partition coefficient (Wildman–Crippen LogP) is 7.64. The first-order valence-corrected chi connectivity index (χ1v) is 12.3. The molecule has 1 saturated heterocycles. The standard InChI is InChI=1S/C23H24ClN3S.C4H6.CH4/c1-26-14-20(19-12-22(24)28-21(19)15-26)18-7-3-2-6-17(18)16-8-9-23(25-13-16)27-10-4-5-11-27;1-3-4-2;/h2-3,6-9,12-13,20H,4-5,10-11,14-15H2,1H3;3-4H,1-2H2;1H4/t20-;;/m0../s1. The second kappa shape index (κ2) is 11.6. The van der Waals surface area contributed by atoms with Gasteiger partial charge in [0.25, 0.3) is 0 Å². The van der Waals surface area contributed by atoms with Crippen molar-refractivity contribution < 1.29 is 0 Å². The molecule has 2 aliphatic heterocycles. The van der Waals surface area contributed by atoms with Crippen LogP contribution in [0.2, 0.25) is 4.34 Å². The molecule has 3 nitrogen and oxygen atoms in total. The Morgan fingerprint density at radius 1 is 1.06 bits per heavy atom. The van der Waals surface area contributed by atoms with Gasteiger partial charge < -0.3 is 9.80 Å². The van der Waals surface area contributed by atoms with Gasteiger partial charge in [0, 0.05) is 48.7 Å². The van der Waals surface area contributed by atoms with Crippen molar-refractivity contribution in [3.05, 3.63) is 94.3 Å². The van der Waals surface area contributed by atoms with E-state index < -0.39 is 0 Å².